The number of nitrogens with zero attached hydrogens (tertiary/aromatic N) is 1. The maximum absolute atomic E-state index is 13.5. The predicted octanol–water partition coefficient (Wildman–Crippen LogP) is 3.49. The van der Waals surface area contributed by atoms with Crippen LogP contribution >= 0.6 is 27.5 Å². The Balaban J connectivity index is 2.61. The Kier molecular flexibility index (Phi) is 2.68. The van der Waals surface area contributed by atoms with Gasteiger partial charge in [0, 0.05) is 10.0 Å². The van der Waals surface area contributed by atoms with E-state index in [-0.39, 0.29) is 0 Å². The molecule has 1 atom stereocenters. The first-order chi connectivity index (χ1) is 7.11. The Morgan fingerprint density at radius 1 is 1.53 bits per heavy atom. The van der Waals surface area contributed by atoms with Gasteiger partial charge in [-0.1, -0.05) is 27.5 Å². The second-order valence-corrected chi connectivity index (χ2v) is 4.42. The average Bonchev–Trinajstić information content (AvgIpc) is 2.18. The van der Waals surface area contributed by atoms with Crippen LogP contribution in [0.25, 0.3) is 6.08 Å². The second-order valence-electron chi connectivity index (χ2n) is 3.07. The molecule has 0 amide bonds. The SMILES string of the molecule is N#CC1=Cc2cc(Br)cc(F)c2NC1Cl. The van der Waals surface area contributed by atoms with E-state index in [1.165, 1.54) is 6.07 Å². The monoisotopic (exact) mass is 286 g/mol. The standard InChI is InChI=1S/C10H5BrClFN2/c11-7-2-5-1-6(4-14)10(12)15-9(5)8(13)3-7/h1-3,10,15H. The molecular weight excluding hydrogens is 282 g/mol. The summed E-state index contributed by atoms with van der Waals surface area (Å²) < 4.78 is 14.1. The summed E-state index contributed by atoms with van der Waals surface area (Å²) in [5.41, 5.74) is 0.660. The van der Waals surface area contributed by atoms with Gasteiger partial charge in [0.15, 0.2) is 0 Å². The highest BCUT2D eigenvalue weighted by atomic mass is 79.9. The van der Waals surface area contributed by atoms with Gasteiger partial charge in [0.2, 0.25) is 0 Å². The van der Waals surface area contributed by atoms with Gasteiger partial charge in [0.05, 0.1) is 17.3 Å². The first kappa shape index (κ1) is 10.5. The van der Waals surface area contributed by atoms with Gasteiger partial charge >= 0.3 is 0 Å². The van der Waals surface area contributed by atoms with Gasteiger partial charge in [0.1, 0.15) is 11.3 Å². The van der Waals surface area contributed by atoms with Crippen LogP contribution in [0.3, 0.4) is 0 Å². The first-order valence-corrected chi connectivity index (χ1v) is 5.36. The Morgan fingerprint density at radius 3 is 2.93 bits per heavy atom. The molecule has 5 heteroatoms. The maximum Gasteiger partial charge on any atom is 0.148 e. The van der Waals surface area contributed by atoms with E-state index >= 15 is 0 Å². The molecule has 1 aliphatic rings. The zero-order valence-corrected chi connectivity index (χ0v) is 9.73. The Morgan fingerprint density at radius 2 is 2.27 bits per heavy atom. The summed E-state index contributed by atoms with van der Waals surface area (Å²) in [4.78, 5) is 0. The summed E-state index contributed by atoms with van der Waals surface area (Å²) in [6.07, 6.45) is 1.58. The molecule has 2 rings (SSSR count). The van der Waals surface area contributed by atoms with Crippen molar-refractivity contribution >= 4 is 39.3 Å². The van der Waals surface area contributed by atoms with Crippen molar-refractivity contribution < 1.29 is 4.39 Å². The number of rotatable bonds is 0. The number of fused-ring (bicyclic) bond motifs is 1. The lowest BCUT2D eigenvalue weighted by atomic mass is 10.0. The van der Waals surface area contributed by atoms with Gasteiger partial charge in [-0.15, -0.1) is 0 Å². The van der Waals surface area contributed by atoms with Crippen molar-refractivity contribution in [1.82, 2.24) is 0 Å². The minimum Gasteiger partial charge on any atom is -0.362 e. The number of anilines is 1. The molecule has 1 N–H and O–H groups in total. The third kappa shape index (κ3) is 1.85. The number of nitrogens with one attached hydrogen (secondary N) is 1. The number of hydrogen-bond acceptors (Lipinski definition) is 2. The second kappa shape index (κ2) is 3.84. The molecule has 0 aromatic heterocycles. The number of halogens is 3. The van der Waals surface area contributed by atoms with Crippen LogP contribution in [0.1, 0.15) is 5.56 Å². The molecule has 0 bridgehead atoms. The van der Waals surface area contributed by atoms with E-state index in [1.807, 2.05) is 6.07 Å². The van der Waals surface area contributed by atoms with E-state index in [9.17, 15) is 4.39 Å². The van der Waals surface area contributed by atoms with Crippen LogP contribution in [-0.4, -0.2) is 5.50 Å². The lowest BCUT2D eigenvalue weighted by Crippen LogP contribution is -2.19. The predicted molar refractivity (Wildman–Crippen MR) is 61.0 cm³/mol. The summed E-state index contributed by atoms with van der Waals surface area (Å²) in [6, 6.07) is 5.04. The van der Waals surface area contributed by atoms with Crippen LogP contribution < -0.4 is 5.32 Å². The van der Waals surface area contributed by atoms with Crippen LogP contribution in [0.15, 0.2) is 22.2 Å². The lowest BCUT2D eigenvalue weighted by Gasteiger charge is -2.20. The zero-order chi connectivity index (χ0) is 11.0. The van der Waals surface area contributed by atoms with Crippen LogP contribution in [-0.2, 0) is 0 Å². The van der Waals surface area contributed by atoms with Crippen LogP contribution in [0.2, 0.25) is 0 Å². The highest BCUT2D eigenvalue weighted by Gasteiger charge is 2.21. The largest absolute Gasteiger partial charge is 0.362 e. The van der Waals surface area contributed by atoms with E-state index in [0.717, 1.165) is 0 Å². The molecule has 0 aliphatic carbocycles. The third-order valence-corrected chi connectivity index (χ3v) is 2.87. The Labute approximate surface area is 99.5 Å². The molecule has 1 heterocycles. The fourth-order valence-corrected chi connectivity index (χ4v) is 2.06. The van der Waals surface area contributed by atoms with Crippen molar-refractivity contribution in [3.63, 3.8) is 0 Å². The number of hydrogen-bond donors (Lipinski definition) is 1. The van der Waals surface area contributed by atoms with E-state index in [0.29, 0.717) is 21.3 Å². The van der Waals surface area contributed by atoms with Crippen molar-refractivity contribution in [2.75, 3.05) is 5.32 Å². The molecule has 15 heavy (non-hydrogen) atoms. The molecule has 1 aliphatic heterocycles. The first-order valence-electron chi connectivity index (χ1n) is 4.13. The molecule has 0 saturated carbocycles. The van der Waals surface area contributed by atoms with Crippen LogP contribution in [0, 0.1) is 17.1 Å². The molecular formula is C10H5BrClFN2. The van der Waals surface area contributed by atoms with E-state index < -0.39 is 11.3 Å². The highest BCUT2D eigenvalue weighted by molar-refractivity contribution is 9.10. The van der Waals surface area contributed by atoms with Gasteiger partial charge in [-0.25, -0.2) is 4.39 Å². The minimum absolute atomic E-state index is 0.331. The molecule has 0 spiro atoms. The number of alkyl halides is 1. The van der Waals surface area contributed by atoms with Crippen molar-refractivity contribution in [3.05, 3.63) is 33.6 Å². The highest BCUT2D eigenvalue weighted by Crippen LogP contribution is 2.33. The summed E-state index contributed by atoms with van der Waals surface area (Å²) >= 11 is 9.03. The van der Waals surface area contributed by atoms with Gasteiger partial charge < -0.3 is 5.32 Å². The molecule has 1 aromatic carbocycles. The molecule has 1 unspecified atom stereocenters. The summed E-state index contributed by atoms with van der Waals surface area (Å²) in [5.74, 6) is -0.390. The number of benzene rings is 1. The number of nitriles is 1. The van der Waals surface area contributed by atoms with Crippen LogP contribution in [0.4, 0.5) is 10.1 Å². The van der Waals surface area contributed by atoms with Crippen LogP contribution in [0.5, 0.6) is 0 Å². The van der Waals surface area contributed by atoms with Crippen molar-refractivity contribution in [3.8, 4) is 6.07 Å². The quantitative estimate of drug-likeness (QED) is 0.586. The lowest BCUT2D eigenvalue weighted by molar-refractivity contribution is 0.628. The Hall–Kier alpha value is -1.05. The normalized spacial score (nSPS) is 18.5. The average molecular weight is 288 g/mol. The molecule has 0 radical (unpaired) electrons. The van der Waals surface area contributed by atoms with Gasteiger partial charge in [-0.05, 0) is 18.2 Å². The summed E-state index contributed by atoms with van der Waals surface area (Å²) in [5, 5.41) is 11.5. The molecule has 0 saturated heterocycles. The summed E-state index contributed by atoms with van der Waals surface area (Å²) in [6.45, 7) is 0. The van der Waals surface area contributed by atoms with E-state index in [2.05, 4.69) is 21.2 Å². The van der Waals surface area contributed by atoms with Gasteiger partial charge in [-0.3, -0.25) is 0 Å². The van der Waals surface area contributed by atoms with E-state index in [4.69, 9.17) is 16.9 Å². The maximum atomic E-state index is 13.5. The van der Waals surface area contributed by atoms with Crippen molar-refractivity contribution in [2.24, 2.45) is 0 Å². The summed E-state index contributed by atoms with van der Waals surface area (Å²) in [7, 11) is 0. The minimum atomic E-state index is -0.668. The molecule has 0 fully saturated rings. The fourth-order valence-electron chi connectivity index (χ4n) is 1.39. The Bertz CT molecular complexity index is 493. The van der Waals surface area contributed by atoms with Crippen molar-refractivity contribution in [2.45, 2.75) is 5.50 Å². The zero-order valence-electron chi connectivity index (χ0n) is 7.39. The van der Waals surface area contributed by atoms with E-state index in [1.54, 1.807) is 12.1 Å². The van der Waals surface area contributed by atoms with Gasteiger partial charge in [-0.2, -0.15) is 5.26 Å². The fraction of sp³-hybridized carbons (Fsp3) is 0.100. The van der Waals surface area contributed by atoms with Crippen molar-refractivity contribution in [1.29, 1.82) is 5.26 Å². The van der Waals surface area contributed by atoms with Gasteiger partial charge in [0.25, 0.3) is 0 Å². The smallest absolute Gasteiger partial charge is 0.148 e. The molecule has 2 nitrogen and oxygen atoms in total. The topological polar surface area (TPSA) is 35.8 Å². The molecule has 76 valence electrons. The molecule has 1 aromatic rings. The third-order valence-electron chi connectivity index (χ3n) is 2.07.